The number of para-hydroxylation sites is 1. The third-order valence-corrected chi connectivity index (χ3v) is 6.27. The van der Waals surface area contributed by atoms with E-state index in [2.05, 4.69) is 39.9 Å². The third-order valence-electron chi connectivity index (χ3n) is 3.93. The summed E-state index contributed by atoms with van der Waals surface area (Å²) in [5.74, 6) is 0.535. The zero-order chi connectivity index (χ0) is 17.9. The van der Waals surface area contributed by atoms with Crippen LogP contribution >= 0.6 is 23.1 Å². The maximum atomic E-state index is 5.52. The Morgan fingerprint density at radius 3 is 2.92 bits per heavy atom. The molecule has 2 aromatic heterocycles. The lowest BCUT2D eigenvalue weighted by Crippen LogP contribution is -2.21. The predicted molar refractivity (Wildman–Crippen MR) is 108 cm³/mol. The van der Waals surface area contributed by atoms with Crippen molar-refractivity contribution < 1.29 is 4.42 Å². The number of thiazole rings is 1. The number of rotatable bonds is 5. The molecule has 0 spiro atoms. The topological polar surface area (TPSA) is 75.9 Å². The van der Waals surface area contributed by atoms with E-state index in [-0.39, 0.29) is 0 Å². The van der Waals surface area contributed by atoms with Crippen LogP contribution < -0.4 is 10.6 Å². The molecule has 3 heterocycles. The van der Waals surface area contributed by atoms with Gasteiger partial charge >= 0.3 is 6.01 Å². The first-order valence-electron chi connectivity index (χ1n) is 8.40. The number of thioether (sulfide) groups is 1. The molecule has 3 aromatic rings. The lowest BCUT2D eigenvalue weighted by Gasteiger charge is -2.16. The van der Waals surface area contributed by atoms with Crippen LogP contribution in [0.25, 0.3) is 15.8 Å². The Labute approximate surface area is 159 Å². The first-order chi connectivity index (χ1) is 12.7. The van der Waals surface area contributed by atoms with Gasteiger partial charge in [-0.25, -0.2) is 4.98 Å². The maximum absolute atomic E-state index is 5.52. The quantitative estimate of drug-likeness (QED) is 0.674. The van der Waals surface area contributed by atoms with E-state index < -0.39 is 0 Å². The summed E-state index contributed by atoms with van der Waals surface area (Å²) in [5, 5.41) is 16.6. The summed E-state index contributed by atoms with van der Waals surface area (Å²) in [4.78, 5) is 6.05. The molecule has 8 heteroatoms. The van der Waals surface area contributed by atoms with Gasteiger partial charge in [0.15, 0.2) is 0 Å². The number of aryl methyl sites for hydroxylation is 1. The monoisotopic (exact) mass is 385 g/mol. The zero-order valence-electron chi connectivity index (χ0n) is 14.6. The van der Waals surface area contributed by atoms with E-state index in [9.17, 15) is 0 Å². The van der Waals surface area contributed by atoms with Crippen molar-refractivity contribution >= 4 is 44.9 Å². The van der Waals surface area contributed by atoms with Gasteiger partial charge in [0.2, 0.25) is 5.89 Å². The van der Waals surface area contributed by atoms with Crippen LogP contribution in [-0.2, 0) is 0 Å². The minimum absolute atomic E-state index is 0.398. The molecule has 0 fully saturated rings. The van der Waals surface area contributed by atoms with Crippen molar-refractivity contribution in [2.45, 2.75) is 20.3 Å². The second-order valence-corrected chi connectivity index (χ2v) is 8.10. The van der Waals surface area contributed by atoms with Crippen LogP contribution in [0.1, 0.15) is 24.2 Å². The van der Waals surface area contributed by atoms with Gasteiger partial charge in [0.1, 0.15) is 5.01 Å². The van der Waals surface area contributed by atoms with E-state index >= 15 is 0 Å². The molecular weight excluding hydrogens is 366 g/mol. The largest absolute Gasteiger partial charge is 0.408 e. The van der Waals surface area contributed by atoms with Crippen molar-refractivity contribution in [1.82, 2.24) is 20.5 Å². The predicted octanol–water partition coefficient (Wildman–Crippen LogP) is 4.40. The SMILES string of the molecule is C/C(=C(/Nc1nnc(C)o1)SC1=CCCNC1)c1nc2ccccc2s1. The Balaban J connectivity index is 1.71. The Hall–Kier alpha value is -2.16. The molecule has 0 aliphatic carbocycles. The summed E-state index contributed by atoms with van der Waals surface area (Å²) >= 11 is 3.38. The Morgan fingerprint density at radius 2 is 2.19 bits per heavy atom. The summed E-state index contributed by atoms with van der Waals surface area (Å²) < 4.78 is 6.69. The highest BCUT2D eigenvalue weighted by Crippen LogP contribution is 2.36. The molecular formula is C18H19N5OS2. The van der Waals surface area contributed by atoms with Crippen LogP contribution in [0.2, 0.25) is 0 Å². The van der Waals surface area contributed by atoms with Gasteiger partial charge in [-0.15, -0.1) is 16.4 Å². The summed E-state index contributed by atoms with van der Waals surface area (Å²) in [6.07, 6.45) is 3.31. The fraction of sp³-hybridized carbons (Fsp3) is 0.278. The molecule has 2 N–H and O–H groups in total. The molecule has 4 rings (SSSR count). The zero-order valence-corrected chi connectivity index (χ0v) is 16.2. The van der Waals surface area contributed by atoms with Crippen molar-refractivity contribution in [1.29, 1.82) is 0 Å². The van der Waals surface area contributed by atoms with Crippen LogP contribution in [0.3, 0.4) is 0 Å². The molecule has 0 unspecified atom stereocenters. The van der Waals surface area contributed by atoms with Crippen LogP contribution in [0, 0.1) is 6.92 Å². The molecule has 0 saturated carbocycles. The van der Waals surface area contributed by atoms with Gasteiger partial charge in [-0.1, -0.05) is 35.1 Å². The molecule has 0 atom stereocenters. The summed E-state index contributed by atoms with van der Waals surface area (Å²) in [6, 6.07) is 8.58. The molecule has 0 saturated heterocycles. The van der Waals surface area contributed by atoms with E-state index in [1.165, 1.54) is 9.61 Å². The first-order valence-corrected chi connectivity index (χ1v) is 10.0. The van der Waals surface area contributed by atoms with E-state index in [1.54, 1.807) is 30.0 Å². The van der Waals surface area contributed by atoms with Gasteiger partial charge in [0.05, 0.1) is 15.2 Å². The minimum atomic E-state index is 0.398. The van der Waals surface area contributed by atoms with Crippen LogP contribution in [0.15, 0.2) is 44.7 Å². The number of nitrogens with zero attached hydrogens (tertiary/aromatic N) is 3. The second kappa shape index (κ2) is 7.61. The van der Waals surface area contributed by atoms with Crippen molar-refractivity contribution in [2.75, 3.05) is 18.4 Å². The third kappa shape index (κ3) is 3.82. The molecule has 6 nitrogen and oxygen atoms in total. The van der Waals surface area contributed by atoms with Crippen molar-refractivity contribution in [3.8, 4) is 0 Å². The molecule has 0 radical (unpaired) electrons. The van der Waals surface area contributed by atoms with E-state index in [0.29, 0.717) is 11.9 Å². The summed E-state index contributed by atoms with van der Waals surface area (Å²) in [5.41, 5.74) is 2.09. The Morgan fingerprint density at radius 1 is 1.31 bits per heavy atom. The molecule has 134 valence electrons. The highest BCUT2D eigenvalue weighted by Gasteiger charge is 2.16. The van der Waals surface area contributed by atoms with Crippen molar-refractivity contribution in [3.63, 3.8) is 0 Å². The number of benzene rings is 1. The fourth-order valence-electron chi connectivity index (χ4n) is 2.60. The van der Waals surface area contributed by atoms with Crippen molar-refractivity contribution in [3.05, 3.63) is 51.2 Å². The fourth-order valence-corrected chi connectivity index (χ4v) is 4.66. The minimum Gasteiger partial charge on any atom is -0.408 e. The molecule has 1 aliphatic rings. The molecule has 26 heavy (non-hydrogen) atoms. The number of nitrogens with one attached hydrogen (secondary N) is 2. The van der Waals surface area contributed by atoms with Crippen LogP contribution in [0.4, 0.5) is 6.01 Å². The molecule has 1 aliphatic heterocycles. The molecule has 1 aromatic carbocycles. The van der Waals surface area contributed by atoms with Gasteiger partial charge in [-0.2, -0.15) is 0 Å². The number of hydrogen-bond acceptors (Lipinski definition) is 8. The number of aromatic nitrogens is 3. The average Bonchev–Trinajstić information content (AvgIpc) is 3.27. The average molecular weight is 386 g/mol. The normalized spacial score (nSPS) is 15.7. The van der Waals surface area contributed by atoms with Gasteiger partial charge in [-0.3, -0.25) is 0 Å². The highest BCUT2D eigenvalue weighted by molar-refractivity contribution is 8.07. The van der Waals surface area contributed by atoms with Gasteiger partial charge in [0.25, 0.3) is 0 Å². The van der Waals surface area contributed by atoms with Crippen molar-refractivity contribution in [2.24, 2.45) is 0 Å². The Bertz CT molecular complexity index is 955. The number of fused-ring (bicyclic) bond motifs is 1. The molecule has 0 bridgehead atoms. The van der Waals surface area contributed by atoms with E-state index in [1.807, 2.05) is 18.2 Å². The standard InChI is InChI=1S/C18H19N5OS2/c1-11(16-20-14-7-3-4-8-15(14)26-16)17(21-18-23-22-12(2)24-18)25-13-6-5-9-19-10-13/h3-4,6-8,19H,5,9-10H2,1-2H3,(H,21,23)/b17-11+. The maximum Gasteiger partial charge on any atom is 0.320 e. The lowest BCUT2D eigenvalue weighted by atomic mass is 10.3. The van der Waals surface area contributed by atoms with Gasteiger partial charge in [0, 0.05) is 23.9 Å². The summed E-state index contributed by atoms with van der Waals surface area (Å²) in [6.45, 7) is 5.75. The first kappa shape index (κ1) is 17.3. The van der Waals surface area contributed by atoms with Gasteiger partial charge < -0.3 is 15.1 Å². The number of anilines is 1. The van der Waals surface area contributed by atoms with E-state index in [4.69, 9.17) is 9.40 Å². The smallest absolute Gasteiger partial charge is 0.320 e. The number of allylic oxidation sites excluding steroid dienone is 1. The molecule has 0 amide bonds. The number of hydrogen-bond donors (Lipinski definition) is 2. The van der Waals surface area contributed by atoms with Crippen LogP contribution in [0.5, 0.6) is 0 Å². The van der Waals surface area contributed by atoms with E-state index in [0.717, 1.165) is 40.6 Å². The Kier molecular flexibility index (Phi) is 5.05. The van der Waals surface area contributed by atoms with Crippen LogP contribution in [-0.4, -0.2) is 28.3 Å². The highest BCUT2D eigenvalue weighted by atomic mass is 32.2. The second-order valence-electron chi connectivity index (χ2n) is 5.93. The summed E-state index contributed by atoms with van der Waals surface area (Å²) in [7, 11) is 0. The van der Waals surface area contributed by atoms with Gasteiger partial charge in [-0.05, 0) is 32.0 Å². The lowest BCUT2D eigenvalue weighted by molar-refractivity contribution is 0.535.